The smallest absolute Gasteiger partial charge is 0.254 e. The van der Waals surface area contributed by atoms with Gasteiger partial charge in [0.05, 0.1) is 22.8 Å². The Hall–Kier alpha value is -1.88. The van der Waals surface area contributed by atoms with Gasteiger partial charge >= 0.3 is 0 Å². The molecule has 6 heteroatoms. The van der Waals surface area contributed by atoms with Gasteiger partial charge in [-0.15, -0.1) is 0 Å². The molecule has 2 aromatic heterocycles. The number of carbonyl (C=O) groups excluding carboxylic acids is 1. The van der Waals surface area contributed by atoms with Gasteiger partial charge in [0, 0.05) is 25.6 Å². The molecule has 0 radical (unpaired) electrons. The van der Waals surface area contributed by atoms with E-state index in [1.165, 1.54) is 12.4 Å². The molecule has 0 aromatic carbocycles. The van der Waals surface area contributed by atoms with E-state index in [4.69, 9.17) is 11.6 Å². The van der Waals surface area contributed by atoms with Gasteiger partial charge in [0.2, 0.25) is 0 Å². The summed E-state index contributed by atoms with van der Waals surface area (Å²) in [5, 5.41) is 7.27. The van der Waals surface area contributed by atoms with Gasteiger partial charge in [-0.1, -0.05) is 11.6 Å². The van der Waals surface area contributed by atoms with Gasteiger partial charge in [-0.3, -0.25) is 14.5 Å². The van der Waals surface area contributed by atoms with Crippen LogP contribution in [0.2, 0.25) is 5.02 Å². The van der Waals surface area contributed by atoms with Gasteiger partial charge in [0.25, 0.3) is 5.91 Å². The van der Waals surface area contributed by atoms with Crippen molar-refractivity contribution in [1.29, 1.82) is 0 Å². The molecule has 2 rings (SSSR count). The Morgan fingerprint density at radius 2 is 2.35 bits per heavy atom. The third-order valence-corrected chi connectivity index (χ3v) is 2.54. The summed E-state index contributed by atoms with van der Waals surface area (Å²) in [7, 11) is 1.82. The van der Waals surface area contributed by atoms with Crippen molar-refractivity contribution in [2.45, 2.75) is 6.54 Å². The zero-order chi connectivity index (χ0) is 12.3. The Morgan fingerprint density at radius 3 is 3.00 bits per heavy atom. The minimum absolute atomic E-state index is 0.256. The van der Waals surface area contributed by atoms with Crippen molar-refractivity contribution in [2.24, 2.45) is 7.05 Å². The van der Waals surface area contributed by atoms with Crippen molar-refractivity contribution < 1.29 is 4.79 Å². The third kappa shape index (κ3) is 2.82. The molecule has 0 aliphatic rings. The van der Waals surface area contributed by atoms with Crippen LogP contribution in [0, 0.1) is 0 Å². The van der Waals surface area contributed by atoms with Crippen molar-refractivity contribution >= 4 is 17.5 Å². The second-order valence-electron chi connectivity index (χ2n) is 3.52. The number of aryl methyl sites for hydroxylation is 1. The highest BCUT2D eigenvalue weighted by atomic mass is 35.5. The number of hydrogen-bond acceptors (Lipinski definition) is 3. The molecule has 0 bridgehead atoms. The van der Waals surface area contributed by atoms with Gasteiger partial charge in [-0.25, -0.2) is 0 Å². The monoisotopic (exact) mass is 250 g/mol. The van der Waals surface area contributed by atoms with Gasteiger partial charge in [-0.2, -0.15) is 5.10 Å². The number of pyridine rings is 1. The van der Waals surface area contributed by atoms with Crippen LogP contribution in [0.25, 0.3) is 0 Å². The standard InChI is InChI=1S/C11H11ClN4O/c1-16-5-3-8(15-16)6-14-11(17)9-7-13-4-2-10(9)12/h2-5,7H,6H2,1H3,(H,14,17). The van der Waals surface area contributed by atoms with Crippen LogP contribution in [0.4, 0.5) is 0 Å². The van der Waals surface area contributed by atoms with Crippen molar-refractivity contribution in [1.82, 2.24) is 20.1 Å². The highest BCUT2D eigenvalue weighted by molar-refractivity contribution is 6.33. The fourth-order valence-corrected chi connectivity index (χ4v) is 1.56. The number of carbonyl (C=O) groups is 1. The van der Waals surface area contributed by atoms with Crippen LogP contribution < -0.4 is 5.32 Å². The lowest BCUT2D eigenvalue weighted by Crippen LogP contribution is -2.23. The summed E-state index contributed by atoms with van der Waals surface area (Å²) in [4.78, 5) is 15.6. The molecule has 88 valence electrons. The normalized spacial score (nSPS) is 10.2. The Kier molecular flexibility index (Phi) is 3.39. The van der Waals surface area contributed by atoms with E-state index >= 15 is 0 Å². The van der Waals surface area contributed by atoms with E-state index in [2.05, 4.69) is 15.4 Å². The molecule has 2 heterocycles. The van der Waals surface area contributed by atoms with Crippen molar-refractivity contribution in [2.75, 3.05) is 0 Å². The summed E-state index contributed by atoms with van der Waals surface area (Å²) >= 11 is 5.88. The first-order chi connectivity index (χ1) is 8.16. The average Bonchev–Trinajstić information content (AvgIpc) is 2.73. The fourth-order valence-electron chi connectivity index (χ4n) is 1.37. The topological polar surface area (TPSA) is 59.8 Å². The largest absolute Gasteiger partial charge is 0.346 e. The predicted octanol–water partition coefficient (Wildman–Crippen LogP) is 1.40. The van der Waals surface area contributed by atoms with E-state index < -0.39 is 0 Å². The lowest BCUT2D eigenvalue weighted by Gasteiger charge is -2.04. The molecule has 17 heavy (non-hydrogen) atoms. The Labute approximate surface area is 103 Å². The first-order valence-electron chi connectivity index (χ1n) is 5.03. The molecule has 1 amide bonds. The number of rotatable bonds is 3. The number of hydrogen-bond donors (Lipinski definition) is 1. The summed E-state index contributed by atoms with van der Waals surface area (Å²) in [6.45, 7) is 0.366. The lowest BCUT2D eigenvalue weighted by molar-refractivity contribution is 0.0950. The van der Waals surface area contributed by atoms with Crippen LogP contribution in [-0.4, -0.2) is 20.7 Å². The van der Waals surface area contributed by atoms with E-state index in [1.54, 1.807) is 10.7 Å². The number of halogens is 1. The van der Waals surface area contributed by atoms with Crippen molar-refractivity contribution in [3.63, 3.8) is 0 Å². The summed E-state index contributed by atoms with van der Waals surface area (Å²) in [6, 6.07) is 3.42. The highest BCUT2D eigenvalue weighted by Gasteiger charge is 2.10. The van der Waals surface area contributed by atoms with Crippen LogP contribution in [0.1, 0.15) is 16.1 Å². The minimum atomic E-state index is -0.256. The Morgan fingerprint density at radius 1 is 1.53 bits per heavy atom. The molecule has 0 unspecified atom stereocenters. The van der Waals surface area contributed by atoms with E-state index in [9.17, 15) is 4.79 Å². The van der Waals surface area contributed by atoms with Crippen LogP contribution in [0.3, 0.4) is 0 Å². The molecule has 0 spiro atoms. The summed E-state index contributed by atoms with van der Waals surface area (Å²) in [5.74, 6) is -0.256. The second-order valence-corrected chi connectivity index (χ2v) is 3.93. The molecule has 0 aliphatic carbocycles. The van der Waals surface area contributed by atoms with Gasteiger partial charge in [-0.05, 0) is 12.1 Å². The van der Waals surface area contributed by atoms with E-state index in [0.717, 1.165) is 5.69 Å². The minimum Gasteiger partial charge on any atom is -0.346 e. The quantitative estimate of drug-likeness (QED) is 0.896. The van der Waals surface area contributed by atoms with Crippen molar-refractivity contribution in [3.05, 3.63) is 47.0 Å². The number of nitrogens with one attached hydrogen (secondary N) is 1. The molecular formula is C11H11ClN4O. The molecule has 5 nitrogen and oxygen atoms in total. The molecular weight excluding hydrogens is 240 g/mol. The molecule has 0 saturated heterocycles. The van der Waals surface area contributed by atoms with Crippen molar-refractivity contribution in [3.8, 4) is 0 Å². The van der Waals surface area contributed by atoms with Crippen LogP contribution in [-0.2, 0) is 13.6 Å². The van der Waals surface area contributed by atoms with Gasteiger partial charge in [0.1, 0.15) is 0 Å². The fraction of sp³-hybridized carbons (Fsp3) is 0.182. The maximum Gasteiger partial charge on any atom is 0.254 e. The van der Waals surface area contributed by atoms with E-state index in [1.807, 2.05) is 19.3 Å². The zero-order valence-electron chi connectivity index (χ0n) is 9.22. The molecule has 0 atom stereocenters. The lowest BCUT2D eigenvalue weighted by atomic mass is 10.2. The van der Waals surface area contributed by atoms with Crippen LogP contribution in [0.15, 0.2) is 30.7 Å². The molecule has 2 aromatic rings. The maximum atomic E-state index is 11.8. The number of nitrogens with zero attached hydrogens (tertiary/aromatic N) is 3. The SMILES string of the molecule is Cn1ccc(CNC(=O)c2cnccc2Cl)n1. The number of amides is 1. The first-order valence-corrected chi connectivity index (χ1v) is 5.41. The maximum absolute atomic E-state index is 11.8. The highest BCUT2D eigenvalue weighted by Crippen LogP contribution is 2.13. The van der Waals surface area contributed by atoms with E-state index in [-0.39, 0.29) is 5.91 Å². The molecule has 1 N–H and O–H groups in total. The molecule has 0 aliphatic heterocycles. The second kappa shape index (κ2) is 4.97. The molecule has 0 saturated carbocycles. The van der Waals surface area contributed by atoms with E-state index in [0.29, 0.717) is 17.1 Å². The summed E-state index contributed by atoms with van der Waals surface area (Å²) in [6.07, 6.45) is 4.80. The Bertz CT molecular complexity index is 538. The summed E-state index contributed by atoms with van der Waals surface area (Å²) in [5.41, 5.74) is 1.16. The summed E-state index contributed by atoms with van der Waals surface area (Å²) < 4.78 is 1.68. The third-order valence-electron chi connectivity index (χ3n) is 2.21. The zero-order valence-corrected chi connectivity index (χ0v) is 9.98. The average molecular weight is 251 g/mol. The number of aromatic nitrogens is 3. The van der Waals surface area contributed by atoms with Gasteiger partial charge in [0.15, 0.2) is 0 Å². The van der Waals surface area contributed by atoms with Crippen LogP contribution in [0.5, 0.6) is 0 Å². The molecule has 0 fully saturated rings. The van der Waals surface area contributed by atoms with Crippen LogP contribution >= 0.6 is 11.6 Å². The first kappa shape index (κ1) is 11.6. The van der Waals surface area contributed by atoms with Gasteiger partial charge < -0.3 is 5.32 Å². The Balaban J connectivity index is 2.01. The predicted molar refractivity (Wildman–Crippen MR) is 63.6 cm³/mol.